The van der Waals surface area contributed by atoms with Crippen LogP contribution in [-0.4, -0.2) is 18.1 Å². The van der Waals surface area contributed by atoms with Crippen molar-refractivity contribution in [1.82, 2.24) is 4.98 Å². The van der Waals surface area contributed by atoms with Gasteiger partial charge in [0.15, 0.2) is 0 Å². The van der Waals surface area contributed by atoms with E-state index in [1.807, 2.05) is 18.3 Å². The topological polar surface area (TPSA) is 51.2 Å². The van der Waals surface area contributed by atoms with Gasteiger partial charge in [0.2, 0.25) is 0 Å². The van der Waals surface area contributed by atoms with Crippen molar-refractivity contribution in [3.05, 3.63) is 45.9 Å². The number of carbonyl (C=O) groups excluding carboxylic acids is 1. The van der Waals surface area contributed by atoms with Gasteiger partial charge in [-0.1, -0.05) is 6.92 Å². The third kappa shape index (κ3) is 3.54. The number of anilines is 1. The van der Waals surface area contributed by atoms with Crippen LogP contribution >= 0.6 is 11.3 Å². The monoisotopic (exact) mass is 276 g/mol. The summed E-state index contributed by atoms with van der Waals surface area (Å²) < 4.78 is 4.65. The first-order valence-electron chi connectivity index (χ1n) is 6.08. The van der Waals surface area contributed by atoms with Gasteiger partial charge in [-0.05, 0) is 30.7 Å². The lowest BCUT2D eigenvalue weighted by Gasteiger charge is -2.05. The van der Waals surface area contributed by atoms with Crippen molar-refractivity contribution in [2.45, 2.75) is 19.9 Å². The summed E-state index contributed by atoms with van der Waals surface area (Å²) >= 11 is 1.72. The lowest BCUT2D eigenvalue weighted by molar-refractivity contribution is 0.0601. The molecule has 0 spiro atoms. The molecule has 0 saturated carbocycles. The number of benzene rings is 1. The van der Waals surface area contributed by atoms with Crippen LogP contribution in [0, 0.1) is 0 Å². The molecule has 0 saturated heterocycles. The van der Waals surface area contributed by atoms with Gasteiger partial charge in [-0.25, -0.2) is 9.78 Å². The Balaban J connectivity index is 1.94. The fourth-order valence-electron chi connectivity index (χ4n) is 1.62. The van der Waals surface area contributed by atoms with Crippen LogP contribution in [0.3, 0.4) is 0 Å². The van der Waals surface area contributed by atoms with E-state index in [-0.39, 0.29) is 5.97 Å². The van der Waals surface area contributed by atoms with Gasteiger partial charge in [0.05, 0.1) is 24.2 Å². The van der Waals surface area contributed by atoms with Crippen molar-refractivity contribution in [3.8, 4) is 0 Å². The number of methoxy groups -OCH3 is 1. The first-order chi connectivity index (χ1) is 9.22. The van der Waals surface area contributed by atoms with Crippen molar-refractivity contribution < 1.29 is 9.53 Å². The molecule has 1 aromatic carbocycles. The molecule has 5 heteroatoms. The van der Waals surface area contributed by atoms with Crippen LogP contribution in [0.1, 0.15) is 27.2 Å². The predicted molar refractivity (Wildman–Crippen MR) is 76.6 cm³/mol. The highest BCUT2D eigenvalue weighted by atomic mass is 32.1. The van der Waals surface area contributed by atoms with Gasteiger partial charge in [0.25, 0.3) is 0 Å². The van der Waals surface area contributed by atoms with Gasteiger partial charge in [-0.15, -0.1) is 11.3 Å². The van der Waals surface area contributed by atoms with E-state index in [1.165, 1.54) is 12.0 Å². The third-order valence-corrected chi connectivity index (χ3v) is 3.82. The van der Waals surface area contributed by atoms with Crippen molar-refractivity contribution in [1.29, 1.82) is 0 Å². The zero-order chi connectivity index (χ0) is 13.7. The number of esters is 1. The lowest BCUT2D eigenvalue weighted by Crippen LogP contribution is -2.02. The molecule has 0 amide bonds. The minimum atomic E-state index is -0.318. The summed E-state index contributed by atoms with van der Waals surface area (Å²) in [5.74, 6) is -0.318. The first kappa shape index (κ1) is 13.5. The Morgan fingerprint density at radius 2 is 2.11 bits per heavy atom. The highest BCUT2D eigenvalue weighted by molar-refractivity contribution is 7.11. The Labute approximate surface area is 116 Å². The van der Waals surface area contributed by atoms with E-state index < -0.39 is 0 Å². The van der Waals surface area contributed by atoms with Gasteiger partial charge < -0.3 is 10.1 Å². The van der Waals surface area contributed by atoms with Crippen LogP contribution in [0.15, 0.2) is 30.5 Å². The van der Waals surface area contributed by atoms with Gasteiger partial charge in [-0.2, -0.15) is 0 Å². The summed E-state index contributed by atoms with van der Waals surface area (Å²) in [7, 11) is 1.38. The van der Waals surface area contributed by atoms with Crippen LogP contribution in [0.25, 0.3) is 0 Å². The average Bonchev–Trinajstić information content (AvgIpc) is 2.93. The van der Waals surface area contributed by atoms with Gasteiger partial charge in [0, 0.05) is 16.8 Å². The number of aryl methyl sites for hydroxylation is 1. The summed E-state index contributed by atoms with van der Waals surface area (Å²) in [4.78, 5) is 16.8. The Morgan fingerprint density at radius 3 is 2.68 bits per heavy atom. The summed E-state index contributed by atoms with van der Waals surface area (Å²) in [5, 5.41) is 4.45. The Hall–Kier alpha value is -1.88. The smallest absolute Gasteiger partial charge is 0.337 e. The van der Waals surface area contributed by atoms with E-state index in [1.54, 1.807) is 23.5 Å². The second-order valence-corrected chi connectivity index (χ2v) is 5.20. The predicted octanol–water partition coefficient (Wildman–Crippen LogP) is 3.10. The molecule has 2 rings (SSSR count). The molecule has 0 aliphatic rings. The number of nitrogens with zero attached hydrogens (tertiary/aromatic N) is 1. The summed E-state index contributed by atoms with van der Waals surface area (Å²) in [6.45, 7) is 2.84. The van der Waals surface area contributed by atoms with E-state index in [0.29, 0.717) is 5.56 Å². The van der Waals surface area contributed by atoms with E-state index in [2.05, 4.69) is 22.0 Å². The van der Waals surface area contributed by atoms with E-state index in [9.17, 15) is 4.79 Å². The highest BCUT2D eigenvalue weighted by Crippen LogP contribution is 2.16. The number of hydrogen-bond donors (Lipinski definition) is 1. The number of carbonyl (C=O) groups is 1. The number of hydrogen-bond acceptors (Lipinski definition) is 5. The van der Waals surface area contributed by atoms with Crippen molar-refractivity contribution in [2.75, 3.05) is 12.4 Å². The average molecular weight is 276 g/mol. The summed E-state index contributed by atoms with van der Waals surface area (Å²) in [6, 6.07) is 7.23. The van der Waals surface area contributed by atoms with E-state index in [0.717, 1.165) is 23.7 Å². The van der Waals surface area contributed by atoms with Crippen molar-refractivity contribution in [3.63, 3.8) is 0 Å². The quantitative estimate of drug-likeness (QED) is 0.853. The van der Waals surface area contributed by atoms with Crippen molar-refractivity contribution in [2.24, 2.45) is 0 Å². The molecule has 1 heterocycles. The van der Waals surface area contributed by atoms with Crippen LogP contribution < -0.4 is 5.32 Å². The van der Waals surface area contributed by atoms with Crippen LogP contribution in [0.4, 0.5) is 5.69 Å². The summed E-state index contributed by atoms with van der Waals surface area (Å²) in [5.41, 5.74) is 1.53. The minimum Gasteiger partial charge on any atom is -0.465 e. The molecule has 0 bridgehead atoms. The van der Waals surface area contributed by atoms with Crippen LogP contribution in [-0.2, 0) is 17.7 Å². The van der Waals surface area contributed by atoms with Crippen molar-refractivity contribution >= 4 is 23.0 Å². The molecule has 1 aromatic heterocycles. The molecule has 19 heavy (non-hydrogen) atoms. The SMILES string of the molecule is CCc1ncc(CNc2ccc(C(=O)OC)cc2)s1. The number of ether oxygens (including phenoxy) is 1. The van der Waals surface area contributed by atoms with Crippen LogP contribution in [0.2, 0.25) is 0 Å². The maximum atomic E-state index is 11.3. The second kappa shape index (κ2) is 6.33. The lowest BCUT2D eigenvalue weighted by atomic mass is 10.2. The molecule has 1 N–H and O–H groups in total. The van der Waals surface area contributed by atoms with E-state index in [4.69, 9.17) is 0 Å². The van der Waals surface area contributed by atoms with E-state index >= 15 is 0 Å². The fraction of sp³-hybridized carbons (Fsp3) is 0.286. The molecule has 100 valence electrons. The Morgan fingerprint density at radius 1 is 1.37 bits per heavy atom. The zero-order valence-corrected chi connectivity index (χ0v) is 11.8. The fourth-order valence-corrected chi connectivity index (χ4v) is 2.43. The normalized spacial score (nSPS) is 10.2. The molecule has 2 aromatic rings. The Kier molecular flexibility index (Phi) is 4.52. The van der Waals surface area contributed by atoms with Crippen LogP contribution in [0.5, 0.6) is 0 Å². The molecule has 0 aliphatic carbocycles. The molecular formula is C14H16N2O2S. The van der Waals surface area contributed by atoms with Gasteiger partial charge >= 0.3 is 5.97 Å². The van der Waals surface area contributed by atoms with Gasteiger partial charge in [0.1, 0.15) is 0 Å². The number of rotatable bonds is 5. The maximum absolute atomic E-state index is 11.3. The second-order valence-electron chi connectivity index (χ2n) is 4.00. The van der Waals surface area contributed by atoms with Gasteiger partial charge in [-0.3, -0.25) is 0 Å². The molecule has 0 radical (unpaired) electrons. The molecule has 0 atom stereocenters. The minimum absolute atomic E-state index is 0.318. The third-order valence-electron chi connectivity index (χ3n) is 2.68. The molecular weight excluding hydrogens is 260 g/mol. The maximum Gasteiger partial charge on any atom is 0.337 e. The number of aromatic nitrogens is 1. The largest absolute Gasteiger partial charge is 0.465 e. The standard InChI is InChI=1S/C14H16N2O2S/c1-3-13-16-9-12(19-13)8-15-11-6-4-10(5-7-11)14(17)18-2/h4-7,9,15H,3,8H2,1-2H3. The molecule has 0 fully saturated rings. The highest BCUT2D eigenvalue weighted by Gasteiger charge is 2.04. The number of nitrogens with one attached hydrogen (secondary N) is 1. The zero-order valence-electron chi connectivity index (χ0n) is 11.0. The molecule has 0 aliphatic heterocycles. The number of thiazole rings is 1. The molecule has 4 nitrogen and oxygen atoms in total. The Bertz CT molecular complexity index is 549. The molecule has 0 unspecified atom stereocenters. The summed E-state index contributed by atoms with van der Waals surface area (Å²) in [6.07, 6.45) is 2.87. The first-order valence-corrected chi connectivity index (χ1v) is 6.90.